The first-order valence-electron chi connectivity index (χ1n) is 8.95. The Bertz CT molecular complexity index is 855. The standard InChI is InChI=1S/C23H26O4/c1-7-16-14-19(27-22(25)23(4,5)6)12-13-20(16)17-8-10-18(11-9-17)26-21(24)15(2)3/h8-14H,2,7H2,1,3-6H3. The molecule has 0 aliphatic rings. The summed E-state index contributed by atoms with van der Waals surface area (Å²) in [4.78, 5) is 23.7. The third kappa shape index (κ3) is 5.30. The number of carbonyl (C=O) groups is 2. The van der Waals surface area contributed by atoms with E-state index in [0.717, 1.165) is 23.1 Å². The fourth-order valence-corrected chi connectivity index (χ4v) is 2.36. The predicted molar refractivity (Wildman–Crippen MR) is 107 cm³/mol. The first-order chi connectivity index (χ1) is 12.6. The summed E-state index contributed by atoms with van der Waals surface area (Å²) in [5.74, 6) is 0.311. The van der Waals surface area contributed by atoms with E-state index in [2.05, 4.69) is 13.5 Å². The van der Waals surface area contributed by atoms with Gasteiger partial charge in [-0.1, -0.05) is 31.7 Å². The van der Waals surface area contributed by atoms with Crippen LogP contribution in [0.3, 0.4) is 0 Å². The lowest BCUT2D eigenvalue weighted by Gasteiger charge is -2.17. The van der Waals surface area contributed by atoms with Gasteiger partial charge in [0.05, 0.1) is 5.41 Å². The smallest absolute Gasteiger partial charge is 0.338 e. The largest absolute Gasteiger partial charge is 0.426 e. The van der Waals surface area contributed by atoms with Crippen LogP contribution in [0.15, 0.2) is 54.6 Å². The first kappa shape index (κ1) is 20.4. The molecule has 0 saturated heterocycles. The Hall–Kier alpha value is -2.88. The number of hydrogen-bond acceptors (Lipinski definition) is 4. The maximum absolute atomic E-state index is 12.1. The highest BCUT2D eigenvalue weighted by atomic mass is 16.5. The summed E-state index contributed by atoms with van der Waals surface area (Å²) in [6.07, 6.45) is 0.794. The van der Waals surface area contributed by atoms with Crippen molar-refractivity contribution in [3.8, 4) is 22.6 Å². The molecule has 0 aliphatic carbocycles. The minimum atomic E-state index is -0.553. The lowest BCUT2D eigenvalue weighted by atomic mass is 9.96. The van der Waals surface area contributed by atoms with Crippen LogP contribution in [0.2, 0.25) is 0 Å². The van der Waals surface area contributed by atoms with E-state index in [1.807, 2.05) is 45.0 Å². The second kappa shape index (κ2) is 8.21. The molecule has 27 heavy (non-hydrogen) atoms. The van der Waals surface area contributed by atoms with Gasteiger partial charge in [0.2, 0.25) is 0 Å². The molecule has 0 unspecified atom stereocenters. The topological polar surface area (TPSA) is 52.6 Å². The second-order valence-electron chi connectivity index (χ2n) is 7.51. The van der Waals surface area contributed by atoms with E-state index in [1.165, 1.54) is 0 Å². The lowest BCUT2D eigenvalue weighted by Crippen LogP contribution is -2.25. The summed E-state index contributed by atoms with van der Waals surface area (Å²) in [7, 11) is 0. The number of benzene rings is 2. The minimum absolute atomic E-state index is 0.263. The first-order valence-corrected chi connectivity index (χ1v) is 8.95. The van der Waals surface area contributed by atoms with Crippen molar-refractivity contribution in [2.45, 2.75) is 41.0 Å². The van der Waals surface area contributed by atoms with Crippen molar-refractivity contribution in [1.82, 2.24) is 0 Å². The van der Waals surface area contributed by atoms with Crippen LogP contribution in [0.4, 0.5) is 0 Å². The van der Waals surface area contributed by atoms with Gasteiger partial charge in [0.15, 0.2) is 0 Å². The average Bonchev–Trinajstić information content (AvgIpc) is 2.61. The van der Waals surface area contributed by atoms with Gasteiger partial charge in [-0.3, -0.25) is 4.79 Å². The van der Waals surface area contributed by atoms with E-state index >= 15 is 0 Å². The van der Waals surface area contributed by atoms with Gasteiger partial charge in [0.25, 0.3) is 0 Å². The van der Waals surface area contributed by atoms with Gasteiger partial charge in [-0.2, -0.15) is 0 Å². The van der Waals surface area contributed by atoms with Crippen molar-refractivity contribution in [2.24, 2.45) is 5.41 Å². The van der Waals surface area contributed by atoms with E-state index in [9.17, 15) is 9.59 Å². The van der Waals surface area contributed by atoms with Crippen LogP contribution < -0.4 is 9.47 Å². The summed E-state index contributed by atoms with van der Waals surface area (Å²) in [6.45, 7) is 12.7. The van der Waals surface area contributed by atoms with Gasteiger partial charge >= 0.3 is 11.9 Å². The Morgan fingerprint density at radius 2 is 1.56 bits per heavy atom. The highest BCUT2D eigenvalue weighted by Gasteiger charge is 2.24. The van der Waals surface area contributed by atoms with Crippen LogP contribution >= 0.6 is 0 Å². The van der Waals surface area contributed by atoms with Crippen molar-refractivity contribution in [3.05, 3.63) is 60.2 Å². The number of rotatable bonds is 5. The molecule has 0 N–H and O–H groups in total. The number of hydrogen-bond donors (Lipinski definition) is 0. The van der Waals surface area contributed by atoms with E-state index in [1.54, 1.807) is 25.1 Å². The van der Waals surface area contributed by atoms with Crippen molar-refractivity contribution in [2.75, 3.05) is 0 Å². The molecule has 0 fully saturated rings. The SMILES string of the molecule is C=C(C)C(=O)Oc1ccc(-c2ccc(OC(=O)C(C)(C)C)cc2CC)cc1. The van der Waals surface area contributed by atoms with Crippen LogP contribution in [0.1, 0.15) is 40.2 Å². The van der Waals surface area contributed by atoms with E-state index in [4.69, 9.17) is 9.47 Å². The third-order valence-electron chi connectivity index (χ3n) is 4.00. The summed E-state index contributed by atoms with van der Waals surface area (Å²) >= 11 is 0. The highest BCUT2D eigenvalue weighted by Crippen LogP contribution is 2.30. The van der Waals surface area contributed by atoms with Crippen LogP contribution in [0.25, 0.3) is 11.1 Å². The van der Waals surface area contributed by atoms with Crippen LogP contribution in [-0.2, 0) is 16.0 Å². The number of carbonyl (C=O) groups excluding carboxylic acids is 2. The van der Waals surface area contributed by atoms with Gasteiger partial charge in [-0.15, -0.1) is 0 Å². The van der Waals surface area contributed by atoms with E-state index in [0.29, 0.717) is 17.1 Å². The van der Waals surface area contributed by atoms with Gasteiger partial charge in [0.1, 0.15) is 11.5 Å². The summed E-state index contributed by atoms with van der Waals surface area (Å²) in [5.41, 5.74) is 2.91. The Balaban J connectivity index is 2.24. The maximum Gasteiger partial charge on any atom is 0.338 e. The minimum Gasteiger partial charge on any atom is -0.426 e. The number of aryl methyl sites for hydroxylation is 1. The Labute approximate surface area is 160 Å². The van der Waals surface area contributed by atoms with E-state index in [-0.39, 0.29) is 5.97 Å². The maximum atomic E-state index is 12.1. The molecule has 0 atom stereocenters. The summed E-state index contributed by atoms with van der Waals surface area (Å²) in [5, 5.41) is 0. The fourth-order valence-electron chi connectivity index (χ4n) is 2.36. The Kier molecular flexibility index (Phi) is 6.21. The molecule has 4 nitrogen and oxygen atoms in total. The van der Waals surface area contributed by atoms with Crippen LogP contribution in [0, 0.1) is 5.41 Å². The number of ether oxygens (including phenoxy) is 2. The lowest BCUT2D eigenvalue weighted by molar-refractivity contribution is -0.143. The summed E-state index contributed by atoms with van der Waals surface area (Å²) in [6, 6.07) is 12.9. The molecule has 2 rings (SSSR count). The number of esters is 2. The zero-order chi connectivity index (χ0) is 20.2. The zero-order valence-electron chi connectivity index (χ0n) is 16.6. The summed E-state index contributed by atoms with van der Waals surface area (Å²) < 4.78 is 10.7. The molecule has 0 spiro atoms. The normalized spacial score (nSPS) is 11.0. The van der Waals surface area contributed by atoms with Gasteiger partial charge in [-0.05, 0) is 75.1 Å². The molecule has 0 bridgehead atoms. The fraction of sp³-hybridized carbons (Fsp3) is 0.304. The van der Waals surface area contributed by atoms with Gasteiger partial charge in [-0.25, -0.2) is 4.79 Å². The van der Waals surface area contributed by atoms with Crippen molar-refractivity contribution >= 4 is 11.9 Å². The molecule has 0 heterocycles. The molecular weight excluding hydrogens is 340 g/mol. The Morgan fingerprint density at radius 3 is 2.07 bits per heavy atom. The molecule has 0 radical (unpaired) electrons. The quantitative estimate of drug-likeness (QED) is 0.407. The van der Waals surface area contributed by atoms with Crippen LogP contribution in [0.5, 0.6) is 11.5 Å². The monoisotopic (exact) mass is 366 g/mol. The highest BCUT2D eigenvalue weighted by molar-refractivity contribution is 5.88. The third-order valence-corrected chi connectivity index (χ3v) is 4.00. The van der Waals surface area contributed by atoms with Gasteiger partial charge < -0.3 is 9.47 Å². The zero-order valence-corrected chi connectivity index (χ0v) is 16.6. The molecule has 2 aromatic rings. The molecule has 0 aliphatic heterocycles. The second-order valence-corrected chi connectivity index (χ2v) is 7.51. The molecule has 0 aromatic heterocycles. The van der Waals surface area contributed by atoms with Crippen molar-refractivity contribution in [1.29, 1.82) is 0 Å². The van der Waals surface area contributed by atoms with Crippen molar-refractivity contribution in [3.63, 3.8) is 0 Å². The van der Waals surface area contributed by atoms with Crippen LogP contribution in [-0.4, -0.2) is 11.9 Å². The average molecular weight is 366 g/mol. The molecule has 4 heteroatoms. The van der Waals surface area contributed by atoms with E-state index < -0.39 is 11.4 Å². The van der Waals surface area contributed by atoms with Gasteiger partial charge in [0, 0.05) is 5.57 Å². The van der Waals surface area contributed by atoms with Crippen molar-refractivity contribution < 1.29 is 19.1 Å². The molecular formula is C23H26O4. The molecule has 0 amide bonds. The Morgan fingerprint density at radius 1 is 0.963 bits per heavy atom. The molecule has 0 saturated carbocycles. The molecule has 142 valence electrons. The predicted octanol–water partition coefficient (Wildman–Crippen LogP) is 5.35. The molecule has 2 aromatic carbocycles.